The second kappa shape index (κ2) is 4.18. The number of hydrogen-bond acceptors (Lipinski definition) is 2. The molecule has 2 atom stereocenters. The molecule has 4 nitrogen and oxygen atoms in total. The lowest BCUT2D eigenvalue weighted by molar-refractivity contribution is 0.192. The maximum atomic E-state index is 9.95. The van der Waals surface area contributed by atoms with Crippen molar-refractivity contribution in [3.63, 3.8) is 0 Å². The van der Waals surface area contributed by atoms with E-state index in [1.807, 2.05) is 42.5 Å². The van der Waals surface area contributed by atoms with E-state index in [1.54, 1.807) is 6.08 Å². The Bertz CT molecular complexity index is 686. The maximum Gasteiger partial charge on any atom is 0.0932 e. The molecule has 0 aliphatic heterocycles. The van der Waals surface area contributed by atoms with Crippen LogP contribution in [0.4, 0.5) is 0 Å². The van der Waals surface area contributed by atoms with Gasteiger partial charge in [0.25, 0.3) is 0 Å². The first-order chi connectivity index (χ1) is 8.81. The van der Waals surface area contributed by atoms with Crippen LogP contribution >= 0.6 is 0 Å². The highest BCUT2D eigenvalue weighted by Crippen LogP contribution is 2.36. The van der Waals surface area contributed by atoms with E-state index >= 15 is 0 Å². The molecule has 0 saturated carbocycles. The molecule has 0 saturated heterocycles. The minimum absolute atomic E-state index is 0.555. The van der Waals surface area contributed by atoms with E-state index in [4.69, 9.17) is 5.53 Å². The molecular weight excluding hydrogens is 226 g/mol. The predicted molar refractivity (Wildman–Crippen MR) is 70.9 cm³/mol. The third-order valence-corrected chi connectivity index (χ3v) is 3.27. The fourth-order valence-electron chi connectivity index (χ4n) is 2.45. The standard InChI is InChI=1S/C14H11N3O/c15-17-16-14-12(18)8-7-10-6-5-9-3-1-2-4-11(9)13(10)14/h1-8,12,14,18H. The molecule has 1 aliphatic rings. The van der Waals surface area contributed by atoms with Crippen molar-refractivity contribution in [1.82, 2.24) is 0 Å². The Kier molecular flexibility index (Phi) is 2.52. The minimum atomic E-state index is -0.765. The molecule has 18 heavy (non-hydrogen) atoms. The number of azide groups is 1. The van der Waals surface area contributed by atoms with Crippen LogP contribution in [0.5, 0.6) is 0 Å². The minimum Gasteiger partial charge on any atom is -0.388 e. The van der Waals surface area contributed by atoms with Crippen LogP contribution < -0.4 is 0 Å². The molecule has 4 heteroatoms. The number of nitrogens with zero attached hydrogens (tertiary/aromatic N) is 3. The molecule has 1 N–H and O–H groups in total. The summed E-state index contributed by atoms with van der Waals surface area (Å²) < 4.78 is 0. The highest BCUT2D eigenvalue weighted by Gasteiger charge is 2.25. The van der Waals surface area contributed by atoms with Crippen LogP contribution in [-0.2, 0) is 0 Å². The zero-order valence-electron chi connectivity index (χ0n) is 9.56. The van der Waals surface area contributed by atoms with Gasteiger partial charge >= 0.3 is 0 Å². The van der Waals surface area contributed by atoms with Gasteiger partial charge in [-0.2, -0.15) is 0 Å². The number of hydrogen-bond donors (Lipinski definition) is 1. The van der Waals surface area contributed by atoms with Crippen LogP contribution in [0.1, 0.15) is 17.2 Å². The van der Waals surface area contributed by atoms with Gasteiger partial charge in [-0.05, 0) is 27.4 Å². The fraction of sp³-hybridized carbons (Fsp3) is 0.143. The molecule has 0 aromatic heterocycles. The van der Waals surface area contributed by atoms with Gasteiger partial charge in [-0.1, -0.05) is 53.7 Å². The average molecular weight is 237 g/mol. The van der Waals surface area contributed by atoms with Gasteiger partial charge in [0.1, 0.15) is 0 Å². The first kappa shape index (κ1) is 10.8. The molecule has 88 valence electrons. The quantitative estimate of drug-likeness (QED) is 0.459. The van der Waals surface area contributed by atoms with Gasteiger partial charge in [0.2, 0.25) is 0 Å². The van der Waals surface area contributed by atoms with Crippen molar-refractivity contribution in [2.24, 2.45) is 5.11 Å². The molecule has 0 bridgehead atoms. The van der Waals surface area contributed by atoms with Gasteiger partial charge in [0, 0.05) is 4.91 Å². The van der Waals surface area contributed by atoms with Crippen molar-refractivity contribution in [3.8, 4) is 0 Å². The number of benzene rings is 2. The van der Waals surface area contributed by atoms with Crippen LogP contribution in [0.2, 0.25) is 0 Å². The highest BCUT2D eigenvalue weighted by molar-refractivity contribution is 5.90. The van der Waals surface area contributed by atoms with E-state index in [1.165, 1.54) is 0 Å². The summed E-state index contributed by atoms with van der Waals surface area (Å²) >= 11 is 0. The summed E-state index contributed by atoms with van der Waals surface area (Å²) in [5, 5.41) is 15.8. The third kappa shape index (κ3) is 1.56. The Balaban J connectivity index is 2.36. The monoisotopic (exact) mass is 237 g/mol. The average Bonchev–Trinajstić information content (AvgIpc) is 2.41. The third-order valence-electron chi connectivity index (χ3n) is 3.27. The topological polar surface area (TPSA) is 69.0 Å². The fourth-order valence-corrected chi connectivity index (χ4v) is 2.45. The zero-order chi connectivity index (χ0) is 12.5. The molecule has 2 aromatic rings. The Morgan fingerprint density at radius 2 is 2.00 bits per heavy atom. The van der Waals surface area contributed by atoms with Gasteiger partial charge in [-0.3, -0.25) is 0 Å². The number of aliphatic hydroxyl groups excluding tert-OH is 1. The summed E-state index contributed by atoms with van der Waals surface area (Å²) in [4.78, 5) is 2.85. The summed E-state index contributed by atoms with van der Waals surface area (Å²) in [6.07, 6.45) is 2.77. The Morgan fingerprint density at radius 3 is 2.83 bits per heavy atom. The van der Waals surface area contributed by atoms with Gasteiger partial charge in [-0.25, -0.2) is 0 Å². The van der Waals surface area contributed by atoms with E-state index < -0.39 is 12.1 Å². The van der Waals surface area contributed by atoms with E-state index in [9.17, 15) is 5.11 Å². The van der Waals surface area contributed by atoms with Crippen molar-refractivity contribution in [3.05, 3.63) is 64.0 Å². The van der Waals surface area contributed by atoms with E-state index in [-0.39, 0.29) is 0 Å². The van der Waals surface area contributed by atoms with Crippen molar-refractivity contribution in [1.29, 1.82) is 0 Å². The molecule has 0 heterocycles. The molecular formula is C14H11N3O. The molecule has 3 rings (SSSR count). The first-order valence-corrected chi connectivity index (χ1v) is 5.73. The Morgan fingerprint density at radius 1 is 1.17 bits per heavy atom. The Hall–Kier alpha value is -2.29. The van der Waals surface area contributed by atoms with E-state index in [2.05, 4.69) is 10.0 Å². The lowest BCUT2D eigenvalue weighted by Crippen LogP contribution is -2.18. The Labute approximate surface area is 104 Å². The summed E-state index contributed by atoms with van der Waals surface area (Å²) in [5.41, 5.74) is 10.6. The van der Waals surface area contributed by atoms with Crippen LogP contribution in [0.3, 0.4) is 0 Å². The molecule has 1 aliphatic carbocycles. The second-order valence-electron chi connectivity index (χ2n) is 4.29. The SMILES string of the molecule is [N-]=[N+]=NC1c2c(ccc3ccccc23)C=CC1O. The van der Waals surface area contributed by atoms with Gasteiger partial charge in [-0.15, -0.1) is 0 Å². The lowest BCUT2D eigenvalue weighted by atomic mass is 9.87. The summed E-state index contributed by atoms with van der Waals surface area (Å²) in [6.45, 7) is 0. The van der Waals surface area contributed by atoms with Gasteiger partial charge in [0.15, 0.2) is 0 Å². The second-order valence-corrected chi connectivity index (χ2v) is 4.29. The lowest BCUT2D eigenvalue weighted by Gasteiger charge is -2.24. The van der Waals surface area contributed by atoms with Gasteiger partial charge < -0.3 is 5.11 Å². The molecule has 2 unspecified atom stereocenters. The number of fused-ring (bicyclic) bond motifs is 3. The van der Waals surface area contributed by atoms with Crippen LogP contribution in [0, 0.1) is 0 Å². The molecule has 0 radical (unpaired) electrons. The van der Waals surface area contributed by atoms with Crippen LogP contribution in [-0.4, -0.2) is 11.2 Å². The normalized spacial score (nSPS) is 21.4. The van der Waals surface area contributed by atoms with Crippen molar-refractivity contribution in [2.45, 2.75) is 12.1 Å². The summed E-state index contributed by atoms with van der Waals surface area (Å²) in [7, 11) is 0. The molecule has 2 aromatic carbocycles. The van der Waals surface area contributed by atoms with Crippen molar-refractivity contribution < 1.29 is 5.11 Å². The summed E-state index contributed by atoms with van der Waals surface area (Å²) in [5.74, 6) is 0. The zero-order valence-corrected chi connectivity index (χ0v) is 9.56. The van der Waals surface area contributed by atoms with E-state index in [0.717, 1.165) is 21.9 Å². The first-order valence-electron chi connectivity index (χ1n) is 5.73. The molecule has 0 amide bonds. The molecule has 0 spiro atoms. The number of aliphatic hydroxyl groups is 1. The van der Waals surface area contributed by atoms with Gasteiger partial charge in [0.05, 0.1) is 12.1 Å². The van der Waals surface area contributed by atoms with E-state index in [0.29, 0.717) is 0 Å². The number of rotatable bonds is 1. The highest BCUT2D eigenvalue weighted by atomic mass is 16.3. The predicted octanol–water partition coefficient (Wildman–Crippen LogP) is 3.58. The van der Waals surface area contributed by atoms with Crippen molar-refractivity contribution in [2.75, 3.05) is 0 Å². The van der Waals surface area contributed by atoms with Crippen LogP contribution in [0.15, 0.2) is 47.6 Å². The smallest absolute Gasteiger partial charge is 0.0932 e. The summed E-state index contributed by atoms with van der Waals surface area (Å²) in [6, 6.07) is 11.4. The maximum absolute atomic E-state index is 9.95. The largest absolute Gasteiger partial charge is 0.388 e. The van der Waals surface area contributed by atoms with Crippen LogP contribution in [0.25, 0.3) is 27.3 Å². The van der Waals surface area contributed by atoms with Crippen molar-refractivity contribution >= 4 is 16.8 Å². The molecule has 0 fully saturated rings.